The molecule has 0 aliphatic carbocycles. The van der Waals surface area contributed by atoms with E-state index in [4.69, 9.17) is 4.42 Å². The van der Waals surface area contributed by atoms with Crippen molar-refractivity contribution in [3.05, 3.63) is 35.6 Å². The summed E-state index contributed by atoms with van der Waals surface area (Å²) in [6, 6.07) is 7.35. The summed E-state index contributed by atoms with van der Waals surface area (Å²) in [5.74, 6) is 0.944. The van der Waals surface area contributed by atoms with Crippen molar-refractivity contribution in [3.8, 4) is 0 Å². The van der Waals surface area contributed by atoms with Gasteiger partial charge in [-0.15, -0.1) is 0 Å². The fourth-order valence-electron chi connectivity index (χ4n) is 1.70. The molecule has 0 fully saturated rings. The van der Waals surface area contributed by atoms with E-state index < -0.39 is 0 Å². The van der Waals surface area contributed by atoms with Crippen LogP contribution in [0.4, 0.5) is 0 Å². The Kier molecular flexibility index (Phi) is 2.79. The van der Waals surface area contributed by atoms with Gasteiger partial charge in [0.1, 0.15) is 11.3 Å². The Bertz CT molecular complexity index is 528. The number of carbonyl (C=O) groups excluding carboxylic acids is 1. The highest BCUT2D eigenvalue weighted by atomic mass is 16.3. The van der Waals surface area contributed by atoms with E-state index in [-0.39, 0.29) is 11.8 Å². The van der Waals surface area contributed by atoms with E-state index >= 15 is 0 Å². The van der Waals surface area contributed by atoms with Gasteiger partial charge < -0.3 is 9.73 Å². The lowest BCUT2D eigenvalue weighted by Gasteiger charge is -2.08. The standard InChI is InChI=1S/C13H15NO2/c1-8-6-10-4-5-11(7-12(10)16-8)13(15)9(2)14-3/h4-7,9,14H,1-3H3/t9-/m1/s1. The topological polar surface area (TPSA) is 42.2 Å². The minimum Gasteiger partial charge on any atom is -0.461 e. The van der Waals surface area contributed by atoms with E-state index in [1.807, 2.05) is 32.0 Å². The second-order valence-electron chi connectivity index (χ2n) is 3.98. The Morgan fingerprint density at radius 3 is 2.81 bits per heavy atom. The Morgan fingerprint density at radius 2 is 2.12 bits per heavy atom. The zero-order valence-electron chi connectivity index (χ0n) is 9.70. The smallest absolute Gasteiger partial charge is 0.179 e. The number of Topliss-reactive ketones (excluding diaryl/α,β-unsaturated/α-hetero) is 1. The minimum atomic E-state index is -0.173. The van der Waals surface area contributed by atoms with Crippen LogP contribution in [0.25, 0.3) is 11.0 Å². The third-order valence-corrected chi connectivity index (χ3v) is 2.75. The number of hydrogen-bond acceptors (Lipinski definition) is 3. The normalized spacial score (nSPS) is 12.9. The molecule has 0 radical (unpaired) electrons. The van der Waals surface area contributed by atoms with Crippen LogP contribution in [0, 0.1) is 6.92 Å². The largest absolute Gasteiger partial charge is 0.461 e. The molecule has 1 heterocycles. The van der Waals surface area contributed by atoms with Gasteiger partial charge in [0.15, 0.2) is 5.78 Å². The molecule has 0 saturated heterocycles. The number of fused-ring (bicyclic) bond motifs is 1. The van der Waals surface area contributed by atoms with E-state index in [0.717, 1.165) is 16.7 Å². The van der Waals surface area contributed by atoms with Gasteiger partial charge in [0.25, 0.3) is 0 Å². The van der Waals surface area contributed by atoms with Gasteiger partial charge in [-0.2, -0.15) is 0 Å². The number of carbonyl (C=O) groups is 1. The Labute approximate surface area is 94.4 Å². The van der Waals surface area contributed by atoms with Crippen molar-refractivity contribution in [2.24, 2.45) is 0 Å². The average molecular weight is 217 g/mol. The fourth-order valence-corrected chi connectivity index (χ4v) is 1.70. The van der Waals surface area contributed by atoms with Crippen LogP contribution in [0.5, 0.6) is 0 Å². The van der Waals surface area contributed by atoms with Gasteiger partial charge in [0.2, 0.25) is 0 Å². The Balaban J connectivity index is 2.42. The van der Waals surface area contributed by atoms with Gasteiger partial charge in [0.05, 0.1) is 6.04 Å². The van der Waals surface area contributed by atoms with Gasteiger partial charge in [-0.05, 0) is 33.0 Å². The number of likely N-dealkylation sites (N-methyl/N-ethyl adjacent to an activating group) is 1. The van der Waals surface area contributed by atoms with Crippen LogP contribution < -0.4 is 5.32 Å². The van der Waals surface area contributed by atoms with Crippen molar-refractivity contribution < 1.29 is 9.21 Å². The molecule has 0 amide bonds. The Hall–Kier alpha value is -1.61. The molecule has 0 aliphatic heterocycles. The van der Waals surface area contributed by atoms with Crippen LogP contribution in [-0.4, -0.2) is 18.9 Å². The number of furan rings is 1. The molecule has 2 aromatic rings. The lowest BCUT2D eigenvalue weighted by molar-refractivity contribution is 0.0955. The molecule has 3 heteroatoms. The molecule has 0 saturated carbocycles. The number of nitrogens with one attached hydrogen (secondary N) is 1. The third-order valence-electron chi connectivity index (χ3n) is 2.75. The van der Waals surface area contributed by atoms with E-state index in [1.165, 1.54) is 0 Å². The second-order valence-corrected chi connectivity index (χ2v) is 3.98. The maximum atomic E-state index is 11.9. The summed E-state index contributed by atoms with van der Waals surface area (Å²) in [6.45, 7) is 3.75. The predicted octanol–water partition coefficient (Wildman–Crippen LogP) is 2.53. The summed E-state index contributed by atoms with van der Waals surface area (Å²) in [4.78, 5) is 11.9. The summed E-state index contributed by atoms with van der Waals surface area (Å²) in [7, 11) is 1.78. The zero-order chi connectivity index (χ0) is 11.7. The third kappa shape index (κ3) is 1.86. The van der Waals surface area contributed by atoms with Crippen molar-refractivity contribution in [3.63, 3.8) is 0 Å². The molecular weight excluding hydrogens is 202 g/mol. The Morgan fingerprint density at radius 1 is 1.38 bits per heavy atom. The van der Waals surface area contributed by atoms with E-state index in [1.54, 1.807) is 13.1 Å². The molecule has 1 aromatic heterocycles. The van der Waals surface area contributed by atoms with Crippen LogP contribution in [-0.2, 0) is 0 Å². The van der Waals surface area contributed by atoms with E-state index in [0.29, 0.717) is 5.56 Å². The maximum Gasteiger partial charge on any atom is 0.179 e. The molecule has 0 bridgehead atoms. The number of rotatable bonds is 3. The minimum absolute atomic E-state index is 0.0819. The quantitative estimate of drug-likeness (QED) is 0.803. The molecule has 1 aromatic carbocycles. The van der Waals surface area contributed by atoms with Crippen molar-refractivity contribution in [1.29, 1.82) is 0 Å². The van der Waals surface area contributed by atoms with Crippen LogP contribution in [0.15, 0.2) is 28.7 Å². The molecule has 3 nitrogen and oxygen atoms in total. The first-order valence-corrected chi connectivity index (χ1v) is 5.33. The first-order valence-electron chi connectivity index (χ1n) is 5.33. The molecule has 84 valence electrons. The van der Waals surface area contributed by atoms with Crippen molar-refractivity contribution in [2.45, 2.75) is 19.9 Å². The average Bonchev–Trinajstić information content (AvgIpc) is 2.65. The van der Waals surface area contributed by atoms with Gasteiger partial charge in [-0.25, -0.2) is 0 Å². The molecule has 0 aliphatic rings. The summed E-state index contributed by atoms with van der Waals surface area (Å²) in [6.07, 6.45) is 0. The van der Waals surface area contributed by atoms with Crippen LogP contribution >= 0.6 is 0 Å². The van der Waals surface area contributed by atoms with E-state index in [9.17, 15) is 4.79 Å². The van der Waals surface area contributed by atoms with Crippen LogP contribution in [0.2, 0.25) is 0 Å². The summed E-state index contributed by atoms with van der Waals surface area (Å²) in [5, 5.41) is 3.97. The predicted molar refractivity (Wildman–Crippen MR) is 63.8 cm³/mol. The molecule has 2 rings (SSSR count). The monoisotopic (exact) mass is 217 g/mol. The molecule has 0 unspecified atom stereocenters. The first-order chi connectivity index (χ1) is 7.61. The van der Waals surface area contributed by atoms with Gasteiger partial charge >= 0.3 is 0 Å². The number of ketones is 1. The molecule has 1 atom stereocenters. The SMILES string of the molecule is CN[C@H](C)C(=O)c1ccc2cc(C)oc2c1. The number of benzene rings is 1. The first kappa shape index (κ1) is 10.9. The van der Waals surface area contributed by atoms with Crippen LogP contribution in [0.1, 0.15) is 23.0 Å². The van der Waals surface area contributed by atoms with Crippen LogP contribution in [0.3, 0.4) is 0 Å². The molecule has 16 heavy (non-hydrogen) atoms. The fraction of sp³-hybridized carbons (Fsp3) is 0.308. The lowest BCUT2D eigenvalue weighted by atomic mass is 10.0. The number of hydrogen-bond donors (Lipinski definition) is 1. The van der Waals surface area contributed by atoms with Gasteiger partial charge in [-0.1, -0.05) is 12.1 Å². The molecular formula is C13H15NO2. The maximum absolute atomic E-state index is 11.9. The van der Waals surface area contributed by atoms with Crippen molar-refractivity contribution >= 4 is 16.8 Å². The van der Waals surface area contributed by atoms with Crippen molar-refractivity contribution in [1.82, 2.24) is 5.32 Å². The summed E-state index contributed by atoms with van der Waals surface area (Å²) < 4.78 is 5.50. The van der Waals surface area contributed by atoms with Gasteiger partial charge in [0, 0.05) is 10.9 Å². The summed E-state index contributed by atoms with van der Waals surface area (Å²) in [5.41, 5.74) is 1.45. The second kappa shape index (κ2) is 4.10. The highest BCUT2D eigenvalue weighted by Crippen LogP contribution is 2.20. The van der Waals surface area contributed by atoms with Gasteiger partial charge in [-0.3, -0.25) is 4.79 Å². The lowest BCUT2D eigenvalue weighted by Crippen LogP contribution is -2.30. The molecule has 0 spiro atoms. The number of aryl methyl sites for hydroxylation is 1. The zero-order valence-corrected chi connectivity index (χ0v) is 9.70. The van der Waals surface area contributed by atoms with Crippen molar-refractivity contribution in [2.75, 3.05) is 7.05 Å². The highest BCUT2D eigenvalue weighted by Gasteiger charge is 2.14. The summed E-state index contributed by atoms with van der Waals surface area (Å²) >= 11 is 0. The van der Waals surface area contributed by atoms with E-state index in [2.05, 4.69) is 5.32 Å². The highest BCUT2D eigenvalue weighted by molar-refractivity contribution is 6.02. The molecule has 1 N–H and O–H groups in total.